The first-order valence-corrected chi connectivity index (χ1v) is 10.6. The molecule has 0 aromatic heterocycles. The molecular weight excluding hydrogens is 394 g/mol. The van der Waals surface area contributed by atoms with Crippen LogP contribution in [0.2, 0.25) is 0 Å². The Bertz CT molecular complexity index is 914. The maximum atomic E-state index is 12.2. The minimum atomic E-state index is -1.16. The highest BCUT2D eigenvalue weighted by molar-refractivity contribution is 5.96. The minimum absolute atomic E-state index is 0.124. The number of carbonyl (C=O) groups excluding carboxylic acids is 1. The quantitative estimate of drug-likeness (QED) is 0.537. The molecule has 0 aliphatic heterocycles. The van der Waals surface area contributed by atoms with Crippen LogP contribution in [0.1, 0.15) is 49.7 Å². The largest absolute Gasteiger partial charge is 0.497 e. The zero-order valence-electron chi connectivity index (χ0n) is 17.8. The van der Waals surface area contributed by atoms with E-state index in [0.29, 0.717) is 30.3 Å². The van der Waals surface area contributed by atoms with E-state index in [9.17, 15) is 14.7 Å². The Labute approximate surface area is 182 Å². The van der Waals surface area contributed by atoms with E-state index in [0.717, 1.165) is 17.7 Å². The monoisotopic (exact) mass is 423 g/mol. The SMILES string of the molecule is COc1cccc(COc2ccc(/C=C(\NC(=O)CCC3CCCC3)C(=O)O)cc2)c1. The maximum Gasteiger partial charge on any atom is 0.352 e. The predicted molar refractivity (Wildman–Crippen MR) is 119 cm³/mol. The lowest BCUT2D eigenvalue weighted by molar-refractivity contribution is -0.134. The molecule has 0 heterocycles. The van der Waals surface area contributed by atoms with Crippen molar-refractivity contribution in [3.05, 3.63) is 65.4 Å². The minimum Gasteiger partial charge on any atom is -0.497 e. The van der Waals surface area contributed by atoms with Crippen LogP contribution in [0.4, 0.5) is 0 Å². The first-order valence-electron chi connectivity index (χ1n) is 10.6. The summed E-state index contributed by atoms with van der Waals surface area (Å²) in [5.41, 5.74) is 1.53. The highest BCUT2D eigenvalue weighted by Gasteiger charge is 2.17. The van der Waals surface area contributed by atoms with E-state index >= 15 is 0 Å². The summed E-state index contributed by atoms with van der Waals surface area (Å²) in [5, 5.41) is 12.0. The highest BCUT2D eigenvalue weighted by atomic mass is 16.5. The van der Waals surface area contributed by atoms with Gasteiger partial charge in [0.05, 0.1) is 7.11 Å². The molecule has 0 radical (unpaired) electrons. The topological polar surface area (TPSA) is 84.9 Å². The van der Waals surface area contributed by atoms with Crippen molar-refractivity contribution < 1.29 is 24.2 Å². The van der Waals surface area contributed by atoms with Gasteiger partial charge >= 0.3 is 5.97 Å². The van der Waals surface area contributed by atoms with Gasteiger partial charge in [-0.05, 0) is 53.8 Å². The average molecular weight is 424 g/mol. The molecule has 164 valence electrons. The summed E-state index contributed by atoms with van der Waals surface area (Å²) in [6.07, 6.45) is 7.42. The number of aliphatic carboxylic acids is 1. The molecule has 2 aromatic rings. The normalized spacial score (nSPS) is 14.3. The zero-order chi connectivity index (χ0) is 22.1. The predicted octanol–water partition coefficient (Wildman–Crippen LogP) is 4.79. The van der Waals surface area contributed by atoms with E-state index < -0.39 is 5.97 Å². The van der Waals surface area contributed by atoms with Crippen molar-refractivity contribution in [2.24, 2.45) is 5.92 Å². The van der Waals surface area contributed by atoms with E-state index in [2.05, 4.69) is 5.32 Å². The first-order chi connectivity index (χ1) is 15.0. The van der Waals surface area contributed by atoms with Gasteiger partial charge in [0.25, 0.3) is 0 Å². The summed E-state index contributed by atoms with van der Waals surface area (Å²) < 4.78 is 11.0. The summed E-state index contributed by atoms with van der Waals surface area (Å²) in [6, 6.07) is 14.7. The number of hydrogen-bond acceptors (Lipinski definition) is 4. The van der Waals surface area contributed by atoms with Crippen LogP contribution in [0.3, 0.4) is 0 Å². The number of hydrogen-bond donors (Lipinski definition) is 2. The van der Waals surface area contributed by atoms with Crippen molar-refractivity contribution in [1.29, 1.82) is 0 Å². The number of nitrogens with one attached hydrogen (secondary N) is 1. The lowest BCUT2D eigenvalue weighted by Gasteiger charge is -2.10. The number of carboxylic acid groups (broad SMARTS) is 1. The average Bonchev–Trinajstić information content (AvgIpc) is 3.30. The van der Waals surface area contributed by atoms with Crippen molar-refractivity contribution in [2.75, 3.05) is 7.11 Å². The molecule has 1 aliphatic carbocycles. The van der Waals surface area contributed by atoms with Crippen molar-refractivity contribution in [3.63, 3.8) is 0 Å². The Morgan fingerprint density at radius 1 is 1.10 bits per heavy atom. The molecule has 1 fully saturated rings. The number of rotatable bonds is 10. The fraction of sp³-hybridized carbons (Fsp3) is 0.360. The molecule has 0 bridgehead atoms. The smallest absolute Gasteiger partial charge is 0.352 e. The van der Waals surface area contributed by atoms with Gasteiger partial charge in [-0.1, -0.05) is 49.9 Å². The molecule has 6 heteroatoms. The number of methoxy groups -OCH3 is 1. The van der Waals surface area contributed by atoms with E-state index in [-0.39, 0.29) is 11.6 Å². The van der Waals surface area contributed by atoms with E-state index in [1.165, 1.54) is 31.8 Å². The lowest BCUT2D eigenvalue weighted by atomic mass is 10.0. The summed E-state index contributed by atoms with van der Waals surface area (Å²) in [5.74, 6) is 0.615. The molecule has 1 amide bonds. The van der Waals surface area contributed by atoms with Gasteiger partial charge in [-0.3, -0.25) is 4.79 Å². The third kappa shape index (κ3) is 7.17. The van der Waals surface area contributed by atoms with E-state index in [4.69, 9.17) is 9.47 Å². The Hall–Kier alpha value is -3.28. The summed E-state index contributed by atoms with van der Waals surface area (Å²) in [6.45, 7) is 0.393. The summed E-state index contributed by atoms with van der Waals surface area (Å²) >= 11 is 0. The van der Waals surface area contributed by atoms with Gasteiger partial charge in [0.2, 0.25) is 5.91 Å². The van der Waals surface area contributed by atoms with Crippen LogP contribution in [0, 0.1) is 5.92 Å². The van der Waals surface area contributed by atoms with Crippen LogP contribution in [-0.4, -0.2) is 24.1 Å². The third-order valence-electron chi connectivity index (χ3n) is 5.49. The van der Waals surface area contributed by atoms with Crippen LogP contribution < -0.4 is 14.8 Å². The molecule has 0 spiro atoms. The number of carboxylic acids is 1. The summed E-state index contributed by atoms with van der Waals surface area (Å²) in [7, 11) is 1.62. The van der Waals surface area contributed by atoms with Crippen molar-refractivity contribution in [1.82, 2.24) is 5.32 Å². The molecule has 2 aromatic carbocycles. The van der Waals surface area contributed by atoms with Crippen molar-refractivity contribution >= 4 is 18.0 Å². The second kappa shape index (κ2) is 11.2. The van der Waals surface area contributed by atoms with Crippen molar-refractivity contribution in [2.45, 2.75) is 45.1 Å². The van der Waals surface area contributed by atoms with Crippen LogP contribution in [0.25, 0.3) is 6.08 Å². The maximum absolute atomic E-state index is 12.2. The van der Waals surface area contributed by atoms with Crippen LogP contribution in [0.15, 0.2) is 54.2 Å². The van der Waals surface area contributed by atoms with Gasteiger partial charge in [-0.2, -0.15) is 0 Å². The molecule has 3 rings (SSSR count). The van der Waals surface area contributed by atoms with Gasteiger partial charge in [0, 0.05) is 6.42 Å². The molecule has 1 saturated carbocycles. The van der Waals surface area contributed by atoms with Gasteiger partial charge in [-0.25, -0.2) is 4.79 Å². The Kier molecular flexibility index (Phi) is 8.10. The summed E-state index contributed by atoms with van der Waals surface area (Å²) in [4.78, 5) is 23.7. The van der Waals surface area contributed by atoms with E-state index in [1.807, 2.05) is 24.3 Å². The molecule has 31 heavy (non-hydrogen) atoms. The molecular formula is C25H29NO5. The van der Waals surface area contributed by atoms with Gasteiger partial charge < -0.3 is 19.9 Å². The molecule has 0 unspecified atom stereocenters. The van der Waals surface area contributed by atoms with Crippen LogP contribution in [-0.2, 0) is 16.2 Å². The Morgan fingerprint density at radius 3 is 2.52 bits per heavy atom. The third-order valence-corrected chi connectivity index (χ3v) is 5.49. The lowest BCUT2D eigenvalue weighted by Crippen LogP contribution is -2.27. The number of benzene rings is 2. The molecule has 0 atom stereocenters. The van der Waals surface area contributed by atoms with Gasteiger partial charge in [0.15, 0.2) is 0 Å². The van der Waals surface area contributed by atoms with Crippen molar-refractivity contribution in [3.8, 4) is 11.5 Å². The number of amides is 1. The molecule has 6 nitrogen and oxygen atoms in total. The second-order valence-electron chi connectivity index (χ2n) is 7.81. The Balaban J connectivity index is 1.55. The van der Waals surface area contributed by atoms with Gasteiger partial charge in [0.1, 0.15) is 23.8 Å². The highest BCUT2D eigenvalue weighted by Crippen LogP contribution is 2.28. The van der Waals surface area contributed by atoms with E-state index in [1.54, 1.807) is 31.4 Å². The van der Waals surface area contributed by atoms with Crippen LogP contribution in [0.5, 0.6) is 11.5 Å². The fourth-order valence-electron chi connectivity index (χ4n) is 3.75. The molecule has 1 aliphatic rings. The number of carbonyl (C=O) groups is 2. The molecule has 2 N–H and O–H groups in total. The first kappa shape index (κ1) is 22.4. The second-order valence-corrected chi connectivity index (χ2v) is 7.81. The Morgan fingerprint density at radius 2 is 1.84 bits per heavy atom. The van der Waals surface area contributed by atoms with Crippen LogP contribution >= 0.6 is 0 Å². The van der Waals surface area contributed by atoms with Gasteiger partial charge in [-0.15, -0.1) is 0 Å². The fourth-order valence-corrected chi connectivity index (χ4v) is 3.75. The number of ether oxygens (including phenoxy) is 2. The molecule has 0 saturated heterocycles. The standard InChI is InChI=1S/C25H29NO5/c1-30-22-8-4-7-20(15-22)17-31-21-12-9-19(10-13-21)16-23(25(28)29)26-24(27)14-11-18-5-2-3-6-18/h4,7-10,12-13,15-16,18H,2-3,5-6,11,14,17H2,1H3,(H,26,27)(H,28,29)/b23-16-. The zero-order valence-corrected chi connectivity index (χ0v) is 17.8.